The van der Waals surface area contributed by atoms with Crippen molar-refractivity contribution in [1.29, 1.82) is 0 Å². The van der Waals surface area contributed by atoms with Crippen LogP contribution in [0, 0.1) is 0 Å². The Hall–Kier alpha value is -1.92. The molecule has 0 aromatic carbocycles. The van der Waals surface area contributed by atoms with Gasteiger partial charge in [0.1, 0.15) is 19.0 Å². The number of hydrogen-bond donors (Lipinski definition) is 4. The highest BCUT2D eigenvalue weighted by molar-refractivity contribution is 7.47. The van der Waals surface area contributed by atoms with Gasteiger partial charge in [0.15, 0.2) is 6.10 Å². The van der Waals surface area contributed by atoms with E-state index in [0.29, 0.717) is 12.7 Å². The van der Waals surface area contributed by atoms with Crippen molar-refractivity contribution >= 4 is 26.0 Å². The van der Waals surface area contributed by atoms with Crippen molar-refractivity contribution < 1.29 is 57.7 Å². The van der Waals surface area contributed by atoms with Crippen LogP contribution < -0.4 is 0 Å². The first-order valence-corrected chi connectivity index (χ1v) is 17.3. The average molecular weight is 651 g/mol. The molecule has 0 amide bonds. The topological polar surface area (TPSA) is 186 Å². The van der Waals surface area contributed by atoms with Gasteiger partial charge in [0.05, 0.1) is 25.9 Å². The highest BCUT2D eigenvalue weighted by Gasteiger charge is 2.27. The maximum Gasteiger partial charge on any atom is 0.472 e. The van der Waals surface area contributed by atoms with Crippen LogP contribution in [0.2, 0.25) is 0 Å². The van der Waals surface area contributed by atoms with Crippen LogP contribution in [0.4, 0.5) is 0 Å². The standard InChI is InChI=1S/C31H55O12P/c1-2-3-4-5-6-7-8-9-10-11-12-13-14-15-16-19-30(36)40-25-29(26-42-44(38,39)41-24-28(35)23-33)43-31(37)21-20-27(34)18-17-22-32/h9-10,17-18,22,27-29,33-35H,2-8,11-16,19-21,23-26H2,1H3,(H,38,39)/b10-9-,18-17+/t27?,28-,29+/m0/s1. The minimum absolute atomic E-state index is 0.0489. The summed E-state index contributed by atoms with van der Waals surface area (Å²) in [6.45, 7) is -0.249. The Morgan fingerprint density at radius 3 is 2.00 bits per heavy atom. The molecule has 0 spiro atoms. The van der Waals surface area contributed by atoms with Crippen molar-refractivity contribution in [1.82, 2.24) is 0 Å². The molecule has 0 aliphatic carbocycles. The number of rotatable bonds is 30. The van der Waals surface area contributed by atoms with E-state index in [1.165, 1.54) is 44.6 Å². The highest BCUT2D eigenvalue weighted by Crippen LogP contribution is 2.43. The van der Waals surface area contributed by atoms with E-state index in [1.54, 1.807) is 0 Å². The summed E-state index contributed by atoms with van der Waals surface area (Å²) in [5.41, 5.74) is 0. The Bertz CT molecular complexity index is 848. The molecule has 0 aliphatic rings. The molecule has 12 nitrogen and oxygen atoms in total. The number of aldehydes is 1. The van der Waals surface area contributed by atoms with Gasteiger partial charge < -0.3 is 29.7 Å². The molecule has 4 N–H and O–H groups in total. The number of aliphatic hydroxyl groups is 3. The molecule has 0 saturated carbocycles. The molecule has 0 heterocycles. The first kappa shape index (κ1) is 42.1. The molecule has 2 unspecified atom stereocenters. The third kappa shape index (κ3) is 27.6. The number of esters is 2. The van der Waals surface area contributed by atoms with Gasteiger partial charge in [-0.15, -0.1) is 0 Å². The van der Waals surface area contributed by atoms with Crippen molar-refractivity contribution in [3.05, 3.63) is 24.3 Å². The number of carbonyl (C=O) groups is 3. The zero-order valence-electron chi connectivity index (χ0n) is 26.3. The van der Waals surface area contributed by atoms with Gasteiger partial charge >= 0.3 is 19.8 Å². The zero-order chi connectivity index (χ0) is 32.9. The minimum Gasteiger partial charge on any atom is -0.462 e. The Labute approximate surface area is 262 Å². The van der Waals surface area contributed by atoms with Crippen LogP contribution in [-0.4, -0.2) is 83.2 Å². The molecule has 0 aliphatic heterocycles. The third-order valence-electron chi connectivity index (χ3n) is 6.49. The number of phosphoric acid groups is 1. The fourth-order valence-corrected chi connectivity index (χ4v) is 4.73. The number of unbranched alkanes of at least 4 members (excludes halogenated alkanes) is 11. The van der Waals surface area contributed by atoms with Crippen LogP contribution in [0.15, 0.2) is 24.3 Å². The molecule has 0 saturated heterocycles. The lowest BCUT2D eigenvalue weighted by molar-refractivity contribution is -0.161. The number of ether oxygens (including phenoxy) is 2. The summed E-state index contributed by atoms with van der Waals surface area (Å²) in [5, 5.41) is 27.8. The second-order valence-corrected chi connectivity index (χ2v) is 12.1. The molecular weight excluding hydrogens is 595 g/mol. The van der Waals surface area contributed by atoms with Crippen molar-refractivity contribution in [2.24, 2.45) is 0 Å². The molecule has 256 valence electrons. The highest BCUT2D eigenvalue weighted by atomic mass is 31.2. The van der Waals surface area contributed by atoms with Gasteiger partial charge in [-0.25, -0.2) is 4.57 Å². The molecule has 4 atom stereocenters. The summed E-state index contributed by atoms with van der Waals surface area (Å²) >= 11 is 0. The van der Waals surface area contributed by atoms with Gasteiger partial charge in [-0.2, -0.15) is 0 Å². The molecule has 0 aromatic rings. The summed E-state index contributed by atoms with van der Waals surface area (Å²) < 4.78 is 31.8. The van der Waals surface area contributed by atoms with Gasteiger partial charge in [-0.3, -0.25) is 23.4 Å². The van der Waals surface area contributed by atoms with E-state index in [1.807, 2.05) is 0 Å². The number of aliphatic hydroxyl groups excluding tert-OH is 3. The number of allylic oxidation sites excluding steroid dienone is 3. The maximum atomic E-state index is 12.2. The molecule has 0 aromatic heterocycles. The van der Waals surface area contributed by atoms with Crippen molar-refractivity contribution in [2.75, 3.05) is 26.4 Å². The first-order chi connectivity index (χ1) is 21.1. The van der Waals surface area contributed by atoms with Crippen LogP contribution in [-0.2, 0) is 37.5 Å². The van der Waals surface area contributed by atoms with E-state index in [4.69, 9.17) is 19.1 Å². The van der Waals surface area contributed by atoms with Crippen LogP contribution in [0.5, 0.6) is 0 Å². The van der Waals surface area contributed by atoms with E-state index in [-0.39, 0.29) is 19.3 Å². The third-order valence-corrected chi connectivity index (χ3v) is 7.44. The molecule has 44 heavy (non-hydrogen) atoms. The van der Waals surface area contributed by atoms with E-state index in [0.717, 1.165) is 44.6 Å². The lowest BCUT2D eigenvalue weighted by Crippen LogP contribution is -2.30. The Morgan fingerprint density at radius 2 is 1.39 bits per heavy atom. The van der Waals surface area contributed by atoms with Crippen molar-refractivity contribution in [3.8, 4) is 0 Å². The predicted octanol–water partition coefficient (Wildman–Crippen LogP) is 4.86. The average Bonchev–Trinajstić information content (AvgIpc) is 3.00. The Balaban J connectivity index is 4.40. The van der Waals surface area contributed by atoms with Gasteiger partial charge in [-0.1, -0.05) is 76.5 Å². The normalized spacial score (nSPS) is 15.2. The number of hydrogen-bond acceptors (Lipinski definition) is 11. The number of carbonyl (C=O) groups excluding carboxylic acids is 3. The van der Waals surface area contributed by atoms with Crippen molar-refractivity contribution in [3.63, 3.8) is 0 Å². The maximum absolute atomic E-state index is 12.2. The van der Waals surface area contributed by atoms with E-state index in [2.05, 4.69) is 23.6 Å². The van der Waals surface area contributed by atoms with Gasteiger partial charge in [0.2, 0.25) is 0 Å². The SMILES string of the molecule is CCCCCCCC/C=C\CCCCCCCC(=O)OC[C@H](COP(=O)(O)OC[C@@H](O)CO)OC(=O)CCC(O)/C=C/C=O. The second kappa shape index (κ2) is 28.5. The summed E-state index contributed by atoms with van der Waals surface area (Å²) in [6.07, 6.45) is 18.2. The molecule has 0 radical (unpaired) electrons. The first-order valence-electron chi connectivity index (χ1n) is 15.8. The number of phosphoric ester groups is 1. The molecule has 0 rings (SSSR count). The van der Waals surface area contributed by atoms with Gasteiger partial charge in [0.25, 0.3) is 0 Å². The van der Waals surface area contributed by atoms with Crippen LogP contribution in [0.1, 0.15) is 110 Å². The molecule has 0 bridgehead atoms. The van der Waals surface area contributed by atoms with Crippen LogP contribution in [0.25, 0.3) is 0 Å². The summed E-state index contributed by atoms with van der Waals surface area (Å²) in [6, 6.07) is 0. The summed E-state index contributed by atoms with van der Waals surface area (Å²) in [7, 11) is -4.68. The molecular formula is C31H55O12P. The zero-order valence-corrected chi connectivity index (χ0v) is 27.2. The smallest absolute Gasteiger partial charge is 0.462 e. The Kier molecular flexibility index (Phi) is 27.3. The van der Waals surface area contributed by atoms with E-state index < -0.39 is 64.5 Å². The fraction of sp³-hybridized carbons (Fsp3) is 0.774. The quantitative estimate of drug-likeness (QED) is 0.0207. The lowest BCUT2D eigenvalue weighted by Gasteiger charge is -2.20. The van der Waals surface area contributed by atoms with Gasteiger partial charge in [0, 0.05) is 12.8 Å². The van der Waals surface area contributed by atoms with Crippen molar-refractivity contribution in [2.45, 2.75) is 128 Å². The molecule has 0 fully saturated rings. The Morgan fingerprint density at radius 1 is 0.795 bits per heavy atom. The second-order valence-electron chi connectivity index (χ2n) is 10.7. The van der Waals surface area contributed by atoms with Crippen LogP contribution in [0.3, 0.4) is 0 Å². The van der Waals surface area contributed by atoms with E-state index >= 15 is 0 Å². The summed E-state index contributed by atoms with van der Waals surface area (Å²) in [4.78, 5) is 44.6. The monoisotopic (exact) mass is 650 g/mol. The predicted molar refractivity (Wildman–Crippen MR) is 166 cm³/mol. The fourth-order valence-electron chi connectivity index (χ4n) is 3.94. The minimum atomic E-state index is -4.68. The van der Waals surface area contributed by atoms with E-state index in [9.17, 15) is 34.1 Å². The van der Waals surface area contributed by atoms with Gasteiger partial charge in [-0.05, 0) is 44.6 Å². The molecule has 13 heteroatoms. The summed E-state index contributed by atoms with van der Waals surface area (Å²) in [5.74, 6) is -1.32. The van der Waals surface area contributed by atoms with Crippen LogP contribution >= 0.6 is 7.82 Å². The largest absolute Gasteiger partial charge is 0.472 e. The lowest BCUT2D eigenvalue weighted by atomic mass is 10.1.